The van der Waals surface area contributed by atoms with Crippen LogP contribution in [0.25, 0.3) is 5.57 Å². The lowest BCUT2D eigenvalue weighted by atomic mass is 9.86. The molecule has 0 saturated carbocycles. The number of rotatable bonds is 0. The molecule has 5 nitrogen and oxygen atoms in total. The Bertz CT molecular complexity index is 661. The van der Waals surface area contributed by atoms with Crippen LogP contribution < -0.4 is 11.1 Å². The van der Waals surface area contributed by atoms with Crippen LogP contribution in [-0.2, 0) is 6.42 Å². The van der Waals surface area contributed by atoms with Crippen LogP contribution >= 0.6 is 0 Å². The molecule has 1 heterocycles. The van der Waals surface area contributed by atoms with E-state index in [1.807, 2.05) is 12.2 Å². The molecule has 0 unspecified atom stereocenters. The standard InChI is InChI=1S/C12H12N2O3/c15-11-12(16)14(17)10-8-4-2-1-3-7(8)5-6-9(10)13-11/h2,4,17H,1,3,5-6H2,(H,13,15). The predicted octanol–water partition coefficient (Wildman–Crippen LogP) is 0.824. The van der Waals surface area contributed by atoms with Gasteiger partial charge in [-0.05, 0) is 25.7 Å². The summed E-state index contributed by atoms with van der Waals surface area (Å²) in [5.41, 5.74) is 1.53. The highest BCUT2D eigenvalue weighted by Gasteiger charge is 2.24. The largest absolute Gasteiger partial charge is 0.425 e. The Hall–Kier alpha value is -2.04. The Kier molecular flexibility index (Phi) is 2.07. The normalized spacial score (nSPS) is 17.9. The van der Waals surface area contributed by atoms with Gasteiger partial charge in [0, 0.05) is 11.3 Å². The van der Waals surface area contributed by atoms with E-state index in [0.717, 1.165) is 24.8 Å². The van der Waals surface area contributed by atoms with Gasteiger partial charge in [-0.15, -0.1) is 4.73 Å². The molecule has 2 N–H and O–H groups in total. The van der Waals surface area contributed by atoms with Gasteiger partial charge in [0.15, 0.2) is 0 Å². The van der Waals surface area contributed by atoms with Gasteiger partial charge in [0.2, 0.25) is 0 Å². The fraction of sp³-hybridized carbons (Fsp3) is 0.333. The van der Waals surface area contributed by atoms with Crippen molar-refractivity contribution >= 4 is 5.57 Å². The number of aromatic amines is 1. The lowest BCUT2D eigenvalue weighted by molar-refractivity contribution is 0.168. The van der Waals surface area contributed by atoms with Crippen molar-refractivity contribution in [3.8, 4) is 0 Å². The Morgan fingerprint density at radius 1 is 1.24 bits per heavy atom. The predicted molar refractivity (Wildman–Crippen MR) is 62.1 cm³/mol. The van der Waals surface area contributed by atoms with Crippen molar-refractivity contribution < 1.29 is 5.21 Å². The van der Waals surface area contributed by atoms with Crippen molar-refractivity contribution in [3.05, 3.63) is 49.8 Å². The maximum absolute atomic E-state index is 11.4. The average Bonchev–Trinajstić information content (AvgIpc) is 2.35. The fourth-order valence-electron chi connectivity index (χ4n) is 2.53. The molecule has 5 heteroatoms. The van der Waals surface area contributed by atoms with Gasteiger partial charge in [-0.1, -0.05) is 17.7 Å². The number of fused-ring (bicyclic) bond motifs is 2. The van der Waals surface area contributed by atoms with Gasteiger partial charge in [-0.25, -0.2) is 0 Å². The van der Waals surface area contributed by atoms with Gasteiger partial charge >= 0.3 is 11.1 Å². The first-order valence-corrected chi connectivity index (χ1v) is 5.65. The molecule has 0 amide bonds. The van der Waals surface area contributed by atoms with Crippen LogP contribution in [0.1, 0.15) is 30.7 Å². The van der Waals surface area contributed by atoms with Crippen molar-refractivity contribution in [3.63, 3.8) is 0 Å². The van der Waals surface area contributed by atoms with E-state index >= 15 is 0 Å². The Morgan fingerprint density at radius 3 is 2.88 bits per heavy atom. The summed E-state index contributed by atoms with van der Waals surface area (Å²) in [6.07, 6.45) is 7.43. The third kappa shape index (κ3) is 1.39. The van der Waals surface area contributed by atoms with Crippen LogP contribution in [0.5, 0.6) is 0 Å². The minimum absolute atomic E-state index is 0.451. The topological polar surface area (TPSA) is 75.1 Å². The first-order chi connectivity index (χ1) is 8.18. The molecule has 1 aromatic heterocycles. The van der Waals surface area contributed by atoms with Gasteiger partial charge in [0.1, 0.15) is 5.69 Å². The number of allylic oxidation sites excluding steroid dienone is 4. The third-order valence-electron chi connectivity index (χ3n) is 3.36. The maximum atomic E-state index is 11.4. The number of hydrogen-bond acceptors (Lipinski definition) is 3. The molecule has 3 rings (SSSR count). The summed E-state index contributed by atoms with van der Waals surface area (Å²) in [6, 6.07) is 0. The number of aryl methyl sites for hydroxylation is 1. The minimum atomic E-state index is -0.920. The third-order valence-corrected chi connectivity index (χ3v) is 3.36. The smallest absolute Gasteiger partial charge is 0.348 e. The SMILES string of the molecule is O=c1[nH]c2c(n(O)c1=O)C1=C(CCC=C1)CC2. The summed E-state index contributed by atoms with van der Waals surface area (Å²) in [6.45, 7) is 0. The zero-order chi connectivity index (χ0) is 12.0. The lowest BCUT2D eigenvalue weighted by Gasteiger charge is -2.24. The van der Waals surface area contributed by atoms with Crippen molar-refractivity contribution in [1.82, 2.24) is 9.71 Å². The molecule has 0 bridgehead atoms. The number of nitrogens with one attached hydrogen (secondary N) is 1. The zero-order valence-electron chi connectivity index (χ0n) is 9.19. The molecule has 0 spiro atoms. The summed E-state index contributed by atoms with van der Waals surface area (Å²) < 4.78 is 0.484. The summed E-state index contributed by atoms with van der Waals surface area (Å²) in [4.78, 5) is 25.3. The molecular formula is C12H12N2O3. The monoisotopic (exact) mass is 232 g/mol. The van der Waals surface area contributed by atoms with E-state index < -0.39 is 11.1 Å². The molecule has 17 heavy (non-hydrogen) atoms. The second kappa shape index (κ2) is 3.48. The van der Waals surface area contributed by atoms with Gasteiger partial charge in [0.05, 0.1) is 0 Å². The van der Waals surface area contributed by atoms with Crippen molar-refractivity contribution in [1.29, 1.82) is 0 Å². The molecule has 0 radical (unpaired) electrons. The number of H-pyrrole nitrogens is 1. The molecule has 0 aromatic carbocycles. The van der Waals surface area contributed by atoms with E-state index in [0.29, 0.717) is 22.5 Å². The molecule has 0 aliphatic heterocycles. The summed E-state index contributed by atoms with van der Waals surface area (Å²) in [7, 11) is 0. The lowest BCUT2D eigenvalue weighted by Crippen LogP contribution is -2.39. The molecule has 88 valence electrons. The van der Waals surface area contributed by atoms with Crippen LogP contribution in [0.2, 0.25) is 0 Å². The van der Waals surface area contributed by atoms with Crippen LogP contribution in [0.4, 0.5) is 0 Å². The van der Waals surface area contributed by atoms with Gasteiger partial charge in [-0.3, -0.25) is 9.59 Å². The number of nitrogens with zero attached hydrogens (tertiary/aromatic N) is 1. The van der Waals surface area contributed by atoms with Crippen molar-refractivity contribution in [2.24, 2.45) is 0 Å². The molecule has 0 saturated heterocycles. The summed E-state index contributed by atoms with van der Waals surface area (Å²) in [5, 5.41) is 9.78. The van der Waals surface area contributed by atoms with E-state index in [1.165, 1.54) is 5.57 Å². The quantitative estimate of drug-likeness (QED) is 0.513. The van der Waals surface area contributed by atoms with E-state index in [1.54, 1.807) is 0 Å². The fourth-order valence-corrected chi connectivity index (χ4v) is 2.53. The van der Waals surface area contributed by atoms with Crippen molar-refractivity contribution in [2.45, 2.75) is 25.7 Å². The summed E-state index contributed by atoms with van der Waals surface area (Å²) >= 11 is 0. The van der Waals surface area contributed by atoms with Crippen LogP contribution in [0.15, 0.2) is 27.3 Å². The van der Waals surface area contributed by atoms with Crippen molar-refractivity contribution in [2.75, 3.05) is 0 Å². The molecule has 0 fully saturated rings. The second-order valence-electron chi connectivity index (χ2n) is 4.36. The van der Waals surface area contributed by atoms with Crippen LogP contribution in [0, 0.1) is 0 Å². The minimum Gasteiger partial charge on any atom is -0.425 e. The Balaban J connectivity index is 2.35. The highest BCUT2D eigenvalue weighted by molar-refractivity contribution is 5.78. The second-order valence-corrected chi connectivity index (χ2v) is 4.36. The Morgan fingerprint density at radius 2 is 2.06 bits per heavy atom. The summed E-state index contributed by atoms with van der Waals surface area (Å²) in [5.74, 6) is 0. The number of aromatic nitrogens is 2. The van der Waals surface area contributed by atoms with Gasteiger partial charge in [-0.2, -0.15) is 0 Å². The molecular weight excluding hydrogens is 220 g/mol. The average molecular weight is 232 g/mol. The van der Waals surface area contributed by atoms with Crippen LogP contribution in [-0.4, -0.2) is 14.9 Å². The Labute approximate surface area is 96.7 Å². The maximum Gasteiger partial charge on any atom is 0.348 e. The first-order valence-electron chi connectivity index (χ1n) is 5.65. The zero-order valence-corrected chi connectivity index (χ0v) is 9.19. The molecule has 0 atom stereocenters. The highest BCUT2D eigenvalue weighted by Crippen LogP contribution is 2.34. The molecule has 1 aromatic rings. The molecule has 2 aliphatic carbocycles. The van der Waals surface area contributed by atoms with Gasteiger partial charge in [0.25, 0.3) is 0 Å². The highest BCUT2D eigenvalue weighted by atomic mass is 16.5. The van der Waals surface area contributed by atoms with E-state index in [2.05, 4.69) is 4.98 Å². The van der Waals surface area contributed by atoms with Gasteiger partial charge < -0.3 is 10.2 Å². The van der Waals surface area contributed by atoms with E-state index in [-0.39, 0.29) is 0 Å². The number of hydrogen-bond donors (Lipinski definition) is 2. The first kappa shape index (κ1) is 10.1. The molecule has 2 aliphatic rings. The van der Waals surface area contributed by atoms with E-state index in [4.69, 9.17) is 0 Å². The van der Waals surface area contributed by atoms with Crippen LogP contribution in [0.3, 0.4) is 0 Å². The van der Waals surface area contributed by atoms with E-state index in [9.17, 15) is 14.8 Å².